The van der Waals surface area contributed by atoms with Crippen molar-refractivity contribution in [2.24, 2.45) is 5.92 Å². The molecule has 1 unspecified atom stereocenters. The Morgan fingerprint density at radius 2 is 2.16 bits per heavy atom. The fraction of sp³-hybridized carbons (Fsp3) is 0.533. The number of carboxylic acid groups (broad SMARTS) is 1. The molecular weight excluding hydrogens is 240 g/mol. The third kappa shape index (κ3) is 3.00. The Bertz CT molecular complexity index is 471. The van der Waals surface area contributed by atoms with Crippen LogP contribution < -0.4 is 10.2 Å². The number of nitrogens with one attached hydrogen (secondary N) is 1. The summed E-state index contributed by atoms with van der Waals surface area (Å²) in [6.45, 7) is 4.92. The molecule has 1 aromatic rings. The van der Waals surface area contributed by atoms with Gasteiger partial charge in [-0.05, 0) is 42.5 Å². The second kappa shape index (κ2) is 5.51. The molecule has 0 aliphatic carbocycles. The zero-order valence-corrected chi connectivity index (χ0v) is 11.8. The highest BCUT2D eigenvalue weighted by Crippen LogP contribution is 2.29. The third-order valence-corrected chi connectivity index (χ3v) is 3.69. The average Bonchev–Trinajstić information content (AvgIpc) is 2.35. The smallest absolute Gasteiger partial charge is 0.326 e. The SMILES string of the molecule is CC(C)C(Nc1ccc2c(c1)CCCN2C)C(=O)O. The maximum atomic E-state index is 11.2. The summed E-state index contributed by atoms with van der Waals surface area (Å²) in [5, 5.41) is 12.3. The number of hydrogen-bond donors (Lipinski definition) is 2. The minimum absolute atomic E-state index is 0.0520. The van der Waals surface area contributed by atoms with E-state index in [-0.39, 0.29) is 5.92 Å². The molecule has 1 atom stereocenters. The molecular formula is C15H22N2O2. The van der Waals surface area contributed by atoms with Crippen LogP contribution in [0.5, 0.6) is 0 Å². The van der Waals surface area contributed by atoms with E-state index in [1.165, 1.54) is 11.3 Å². The van der Waals surface area contributed by atoms with Crippen molar-refractivity contribution >= 4 is 17.3 Å². The zero-order valence-electron chi connectivity index (χ0n) is 11.8. The summed E-state index contributed by atoms with van der Waals surface area (Å²) in [6, 6.07) is 5.60. The van der Waals surface area contributed by atoms with Gasteiger partial charge in [-0.1, -0.05) is 13.8 Å². The Balaban J connectivity index is 2.20. The summed E-state index contributed by atoms with van der Waals surface area (Å²) in [7, 11) is 2.10. The van der Waals surface area contributed by atoms with E-state index in [1.807, 2.05) is 19.9 Å². The Morgan fingerprint density at radius 3 is 2.79 bits per heavy atom. The Morgan fingerprint density at radius 1 is 1.42 bits per heavy atom. The van der Waals surface area contributed by atoms with Crippen molar-refractivity contribution in [2.45, 2.75) is 32.7 Å². The maximum Gasteiger partial charge on any atom is 0.326 e. The topological polar surface area (TPSA) is 52.6 Å². The van der Waals surface area contributed by atoms with E-state index in [1.54, 1.807) is 0 Å². The lowest BCUT2D eigenvalue weighted by molar-refractivity contribution is -0.138. The molecule has 2 rings (SSSR count). The Labute approximate surface area is 114 Å². The molecule has 0 aromatic heterocycles. The van der Waals surface area contributed by atoms with Crippen LogP contribution in [0.1, 0.15) is 25.8 Å². The highest BCUT2D eigenvalue weighted by molar-refractivity contribution is 5.78. The number of anilines is 2. The normalized spacial score (nSPS) is 16.1. The predicted molar refractivity (Wildman–Crippen MR) is 77.9 cm³/mol. The number of hydrogen-bond acceptors (Lipinski definition) is 3. The Hall–Kier alpha value is -1.71. The summed E-state index contributed by atoms with van der Waals surface area (Å²) in [5.74, 6) is -0.749. The standard InChI is InChI=1S/C15H22N2O2/c1-10(2)14(15(18)19)16-12-6-7-13-11(9-12)5-4-8-17(13)3/h6-7,9-10,14,16H,4-5,8H2,1-3H3,(H,18,19). The minimum atomic E-state index is -0.801. The second-order valence-corrected chi connectivity index (χ2v) is 5.57. The number of nitrogens with zero attached hydrogens (tertiary/aromatic N) is 1. The fourth-order valence-electron chi connectivity index (χ4n) is 2.57. The minimum Gasteiger partial charge on any atom is -0.480 e. The first-order chi connectivity index (χ1) is 8.99. The molecule has 104 valence electrons. The van der Waals surface area contributed by atoms with E-state index in [9.17, 15) is 9.90 Å². The van der Waals surface area contributed by atoms with Gasteiger partial charge in [0.05, 0.1) is 0 Å². The number of benzene rings is 1. The van der Waals surface area contributed by atoms with Crippen LogP contribution in [0.3, 0.4) is 0 Å². The molecule has 1 aromatic carbocycles. The number of aliphatic carboxylic acids is 1. The maximum absolute atomic E-state index is 11.2. The molecule has 0 saturated carbocycles. The second-order valence-electron chi connectivity index (χ2n) is 5.57. The van der Waals surface area contributed by atoms with Crippen molar-refractivity contribution in [3.63, 3.8) is 0 Å². The molecule has 0 radical (unpaired) electrons. The van der Waals surface area contributed by atoms with Gasteiger partial charge in [-0.15, -0.1) is 0 Å². The first-order valence-electron chi connectivity index (χ1n) is 6.82. The first-order valence-corrected chi connectivity index (χ1v) is 6.82. The van der Waals surface area contributed by atoms with E-state index in [2.05, 4.69) is 29.4 Å². The highest BCUT2D eigenvalue weighted by Gasteiger charge is 2.22. The number of carbonyl (C=O) groups is 1. The number of aryl methyl sites for hydroxylation is 1. The van der Waals surface area contributed by atoms with Crippen molar-refractivity contribution in [1.82, 2.24) is 0 Å². The van der Waals surface area contributed by atoms with Crippen molar-refractivity contribution in [1.29, 1.82) is 0 Å². The van der Waals surface area contributed by atoms with E-state index in [0.29, 0.717) is 0 Å². The largest absolute Gasteiger partial charge is 0.480 e. The van der Waals surface area contributed by atoms with Gasteiger partial charge in [0.15, 0.2) is 0 Å². The van der Waals surface area contributed by atoms with Crippen LogP contribution >= 0.6 is 0 Å². The Kier molecular flexibility index (Phi) is 3.98. The van der Waals surface area contributed by atoms with Gasteiger partial charge in [0.2, 0.25) is 0 Å². The molecule has 19 heavy (non-hydrogen) atoms. The van der Waals surface area contributed by atoms with Crippen LogP contribution in [0.2, 0.25) is 0 Å². The van der Waals surface area contributed by atoms with E-state index >= 15 is 0 Å². The molecule has 0 spiro atoms. The van der Waals surface area contributed by atoms with Crippen molar-refractivity contribution in [3.05, 3.63) is 23.8 Å². The van der Waals surface area contributed by atoms with Crippen molar-refractivity contribution in [3.8, 4) is 0 Å². The average molecular weight is 262 g/mol. The summed E-state index contributed by atoms with van der Waals surface area (Å²) in [6.07, 6.45) is 2.22. The third-order valence-electron chi connectivity index (χ3n) is 3.69. The number of fused-ring (bicyclic) bond motifs is 1. The monoisotopic (exact) mass is 262 g/mol. The molecule has 0 fully saturated rings. The molecule has 1 aliphatic rings. The van der Waals surface area contributed by atoms with Crippen LogP contribution in [0.25, 0.3) is 0 Å². The van der Waals surface area contributed by atoms with E-state index < -0.39 is 12.0 Å². The highest BCUT2D eigenvalue weighted by atomic mass is 16.4. The number of carboxylic acids is 1. The van der Waals surface area contributed by atoms with Crippen LogP contribution in [-0.4, -0.2) is 30.7 Å². The molecule has 0 bridgehead atoms. The van der Waals surface area contributed by atoms with Crippen LogP contribution in [-0.2, 0) is 11.2 Å². The first kappa shape index (κ1) is 13.7. The van der Waals surface area contributed by atoms with Gasteiger partial charge in [-0.25, -0.2) is 4.79 Å². The summed E-state index contributed by atoms with van der Waals surface area (Å²) in [5.41, 5.74) is 3.45. The molecule has 0 saturated heterocycles. The lowest BCUT2D eigenvalue weighted by atomic mass is 10.00. The van der Waals surface area contributed by atoms with Gasteiger partial charge < -0.3 is 15.3 Å². The lowest BCUT2D eigenvalue weighted by Crippen LogP contribution is -2.34. The van der Waals surface area contributed by atoms with Crippen molar-refractivity contribution < 1.29 is 9.90 Å². The molecule has 4 nitrogen and oxygen atoms in total. The lowest BCUT2D eigenvalue weighted by Gasteiger charge is -2.28. The van der Waals surface area contributed by atoms with Gasteiger partial charge in [0, 0.05) is 25.0 Å². The van der Waals surface area contributed by atoms with Crippen molar-refractivity contribution in [2.75, 3.05) is 23.8 Å². The quantitative estimate of drug-likeness (QED) is 0.875. The van der Waals surface area contributed by atoms with Gasteiger partial charge in [-0.3, -0.25) is 0 Å². The fourth-order valence-corrected chi connectivity index (χ4v) is 2.57. The zero-order chi connectivity index (χ0) is 14.0. The van der Waals surface area contributed by atoms with Crippen LogP contribution in [0.4, 0.5) is 11.4 Å². The molecule has 1 heterocycles. The summed E-state index contributed by atoms with van der Waals surface area (Å²) >= 11 is 0. The van der Waals surface area contributed by atoms with Gasteiger partial charge in [0.1, 0.15) is 6.04 Å². The summed E-state index contributed by atoms with van der Waals surface area (Å²) < 4.78 is 0. The van der Waals surface area contributed by atoms with E-state index in [4.69, 9.17) is 0 Å². The van der Waals surface area contributed by atoms with Gasteiger partial charge >= 0.3 is 5.97 Å². The molecule has 4 heteroatoms. The van der Waals surface area contributed by atoms with Gasteiger partial charge in [-0.2, -0.15) is 0 Å². The van der Waals surface area contributed by atoms with Crippen LogP contribution in [0.15, 0.2) is 18.2 Å². The predicted octanol–water partition coefficient (Wildman–Crippen LogP) is 2.59. The molecule has 1 aliphatic heterocycles. The van der Waals surface area contributed by atoms with Gasteiger partial charge in [0.25, 0.3) is 0 Å². The summed E-state index contributed by atoms with van der Waals surface area (Å²) in [4.78, 5) is 13.5. The number of rotatable bonds is 4. The van der Waals surface area contributed by atoms with E-state index in [0.717, 1.165) is 25.1 Å². The van der Waals surface area contributed by atoms with Crippen LogP contribution in [0, 0.1) is 5.92 Å². The molecule has 2 N–H and O–H groups in total. The molecule has 0 amide bonds.